The predicted octanol–water partition coefficient (Wildman–Crippen LogP) is 11.5. The van der Waals surface area contributed by atoms with Crippen molar-refractivity contribution in [2.75, 3.05) is 0 Å². The van der Waals surface area contributed by atoms with Crippen molar-refractivity contribution in [2.45, 2.75) is 56.8 Å². The van der Waals surface area contributed by atoms with Gasteiger partial charge in [0, 0.05) is 36.0 Å². The molecule has 0 saturated heterocycles. The van der Waals surface area contributed by atoms with E-state index in [-0.39, 0.29) is 0 Å². The van der Waals surface area contributed by atoms with E-state index in [1.807, 2.05) is 18.2 Å². The van der Waals surface area contributed by atoms with Crippen molar-refractivity contribution >= 4 is 0 Å². The summed E-state index contributed by atoms with van der Waals surface area (Å²) in [6, 6.07) is 58.8. The Balaban J connectivity index is 0.820. The van der Waals surface area contributed by atoms with Gasteiger partial charge in [-0.15, -0.1) is 0 Å². The van der Waals surface area contributed by atoms with Crippen LogP contribution in [0.4, 0.5) is 0 Å². The van der Waals surface area contributed by atoms with Gasteiger partial charge in [0.2, 0.25) is 0 Å². The van der Waals surface area contributed by atoms with Gasteiger partial charge in [0.1, 0.15) is 37.1 Å². The lowest BCUT2D eigenvalue weighted by atomic mass is 9.74. The summed E-state index contributed by atoms with van der Waals surface area (Å²) in [5.74, 6) is 3.62. The number of benzene rings is 7. The van der Waals surface area contributed by atoms with Gasteiger partial charge in [-0.25, -0.2) is 0 Å². The lowest BCUT2D eigenvalue weighted by Crippen LogP contribution is -2.17. The van der Waals surface area contributed by atoms with Gasteiger partial charge in [0.15, 0.2) is 0 Å². The Hall–Kier alpha value is -6.06. The fraction of sp³-hybridized carbons (Fsp3) is 0.176. The largest absolute Gasteiger partial charge is 0.489 e. The van der Waals surface area contributed by atoms with E-state index in [1.165, 1.54) is 50.1 Å². The van der Waals surface area contributed by atoms with Crippen LogP contribution in [-0.2, 0) is 39.1 Å². The number of hydrogen-bond acceptors (Lipinski definition) is 3. The van der Waals surface area contributed by atoms with Crippen LogP contribution in [0.2, 0.25) is 0 Å². The first-order valence-electron chi connectivity index (χ1n) is 19.2. The lowest BCUT2D eigenvalue weighted by molar-refractivity contribution is 0.274. The molecule has 3 nitrogen and oxygen atoms in total. The molecule has 3 aliphatic rings. The third-order valence-electron chi connectivity index (χ3n) is 11.8. The van der Waals surface area contributed by atoms with E-state index in [0.29, 0.717) is 37.6 Å². The van der Waals surface area contributed by atoms with Crippen LogP contribution in [0.15, 0.2) is 164 Å². The second-order valence-electron chi connectivity index (χ2n) is 15.1. The zero-order chi connectivity index (χ0) is 35.8. The molecule has 0 spiro atoms. The van der Waals surface area contributed by atoms with Gasteiger partial charge in [-0.1, -0.05) is 146 Å². The minimum absolute atomic E-state index is 0.460. The van der Waals surface area contributed by atoms with Crippen molar-refractivity contribution in [3.8, 4) is 17.2 Å². The summed E-state index contributed by atoms with van der Waals surface area (Å²) in [7, 11) is 0. The number of ether oxygens (including phenoxy) is 3. The maximum Gasteiger partial charge on any atom is 0.127 e. The predicted molar refractivity (Wildman–Crippen MR) is 215 cm³/mol. The molecule has 0 aliphatic heterocycles. The first-order valence-corrected chi connectivity index (χ1v) is 19.2. The Morgan fingerprint density at radius 1 is 0.333 bits per heavy atom. The highest BCUT2D eigenvalue weighted by atomic mass is 16.5. The molecule has 0 saturated carbocycles. The maximum absolute atomic E-state index is 6.39. The van der Waals surface area contributed by atoms with Crippen molar-refractivity contribution in [2.24, 2.45) is 0 Å². The molecule has 0 fully saturated rings. The molecule has 0 radical (unpaired) electrons. The quantitative estimate of drug-likeness (QED) is 0.127. The average molecular weight is 703 g/mol. The van der Waals surface area contributed by atoms with Crippen LogP contribution in [0, 0.1) is 0 Å². The Morgan fingerprint density at radius 2 is 0.611 bits per heavy atom. The summed E-state index contributed by atoms with van der Waals surface area (Å²) in [4.78, 5) is 0. The highest BCUT2D eigenvalue weighted by Gasteiger charge is 2.28. The van der Waals surface area contributed by atoms with Crippen LogP contribution in [0.25, 0.3) is 0 Å². The van der Waals surface area contributed by atoms with E-state index in [4.69, 9.17) is 14.2 Å². The molecule has 3 atom stereocenters. The first kappa shape index (κ1) is 32.6. The van der Waals surface area contributed by atoms with E-state index in [9.17, 15) is 0 Å². The average Bonchev–Trinajstić information content (AvgIpc) is 3.18. The molecule has 0 amide bonds. The Kier molecular flexibility index (Phi) is 8.48. The third-order valence-corrected chi connectivity index (χ3v) is 11.8. The summed E-state index contributed by atoms with van der Waals surface area (Å²) >= 11 is 0. The van der Waals surface area contributed by atoms with E-state index in [0.717, 1.165) is 53.2 Å². The first-order chi connectivity index (χ1) is 26.7. The molecule has 3 heteroatoms. The maximum atomic E-state index is 6.39. The molecular weight excluding hydrogens is 661 g/mol. The molecule has 10 rings (SSSR count). The SMILES string of the molecule is c1ccc2c(c1)CC2c1ccc(COc2cc(OCc3ccc(C4Cc5ccccc54)cc3)cc(OCc3ccc(C4Cc5ccccc54)cc3)c2)cc1. The minimum Gasteiger partial charge on any atom is -0.489 e. The molecule has 7 aromatic carbocycles. The van der Waals surface area contributed by atoms with E-state index in [1.54, 1.807) is 0 Å². The van der Waals surface area contributed by atoms with Gasteiger partial charge in [0.05, 0.1) is 0 Å². The molecule has 0 N–H and O–H groups in total. The Labute approximate surface area is 317 Å². The van der Waals surface area contributed by atoms with Gasteiger partial charge in [0.25, 0.3) is 0 Å². The normalized spacial score (nSPS) is 17.4. The van der Waals surface area contributed by atoms with Crippen LogP contribution in [0.5, 0.6) is 17.2 Å². The molecule has 3 aliphatic carbocycles. The molecule has 0 bridgehead atoms. The summed E-state index contributed by atoms with van der Waals surface area (Å²) in [5.41, 5.74) is 16.2. The molecule has 0 aromatic heterocycles. The van der Waals surface area contributed by atoms with Crippen LogP contribution >= 0.6 is 0 Å². The van der Waals surface area contributed by atoms with E-state index < -0.39 is 0 Å². The van der Waals surface area contributed by atoms with E-state index in [2.05, 4.69) is 146 Å². The van der Waals surface area contributed by atoms with Gasteiger partial charge in [-0.05, 0) is 86.0 Å². The fourth-order valence-corrected chi connectivity index (χ4v) is 8.50. The van der Waals surface area contributed by atoms with Gasteiger partial charge in [-0.3, -0.25) is 0 Å². The standard InChI is InChI=1S/C51H42O3/c1-4-10-46-40(7-1)25-49(46)37-19-13-34(14-20-37)31-52-43-28-44(53-32-35-15-21-38(22-16-35)50-26-41-8-2-5-11-47(41)50)30-45(29-43)54-33-36-17-23-39(24-18-36)51-27-42-9-3-6-12-48(42)51/h1-24,28-30,49-51H,25-27,31-33H2. The topological polar surface area (TPSA) is 27.7 Å². The molecule has 54 heavy (non-hydrogen) atoms. The van der Waals surface area contributed by atoms with Crippen LogP contribution < -0.4 is 14.2 Å². The van der Waals surface area contributed by atoms with Crippen molar-refractivity contribution < 1.29 is 14.2 Å². The van der Waals surface area contributed by atoms with Crippen LogP contribution in [0.3, 0.4) is 0 Å². The lowest BCUT2D eigenvalue weighted by Gasteiger charge is -2.30. The van der Waals surface area contributed by atoms with Crippen LogP contribution in [0.1, 0.15) is 84.5 Å². The molecular formula is C51H42O3. The number of rotatable bonds is 12. The molecule has 264 valence electrons. The number of hydrogen-bond donors (Lipinski definition) is 0. The summed E-state index contributed by atoms with van der Waals surface area (Å²) in [5, 5.41) is 0. The van der Waals surface area contributed by atoms with Gasteiger partial charge in [-0.2, -0.15) is 0 Å². The zero-order valence-corrected chi connectivity index (χ0v) is 30.3. The summed E-state index contributed by atoms with van der Waals surface area (Å²) < 4.78 is 19.2. The fourth-order valence-electron chi connectivity index (χ4n) is 8.50. The minimum atomic E-state index is 0.460. The Morgan fingerprint density at radius 3 is 0.889 bits per heavy atom. The van der Waals surface area contributed by atoms with Crippen LogP contribution in [-0.4, -0.2) is 0 Å². The summed E-state index contributed by atoms with van der Waals surface area (Å²) in [6.07, 6.45) is 3.33. The number of fused-ring (bicyclic) bond motifs is 3. The third kappa shape index (κ3) is 6.45. The van der Waals surface area contributed by atoms with Crippen molar-refractivity contribution in [3.63, 3.8) is 0 Å². The second-order valence-corrected chi connectivity index (χ2v) is 15.1. The monoisotopic (exact) mass is 702 g/mol. The van der Waals surface area contributed by atoms with Gasteiger partial charge < -0.3 is 14.2 Å². The molecule has 3 unspecified atom stereocenters. The zero-order valence-electron chi connectivity index (χ0n) is 30.3. The highest BCUT2D eigenvalue weighted by Crippen LogP contribution is 2.42. The smallest absolute Gasteiger partial charge is 0.127 e. The Bertz CT molecular complexity index is 2140. The highest BCUT2D eigenvalue weighted by molar-refractivity contribution is 5.50. The van der Waals surface area contributed by atoms with Crippen molar-refractivity contribution in [1.82, 2.24) is 0 Å². The molecule has 7 aromatic rings. The second kappa shape index (κ2) is 14.1. The van der Waals surface area contributed by atoms with Crippen molar-refractivity contribution in [1.29, 1.82) is 0 Å². The van der Waals surface area contributed by atoms with Gasteiger partial charge >= 0.3 is 0 Å². The molecule has 0 heterocycles. The summed E-state index contributed by atoms with van der Waals surface area (Å²) in [6.45, 7) is 1.38. The van der Waals surface area contributed by atoms with E-state index >= 15 is 0 Å². The van der Waals surface area contributed by atoms with Crippen molar-refractivity contribution in [3.05, 3.63) is 231 Å².